The van der Waals surface area contributed by atoms with Gasteiger partial charge < -0.3 is 4.74 Å². The smallest absolute Gasteiger partial charge is 0.363 e. The number of nitrogens with zero attached hydrogens (tertiary/aromatic N) is 2. The van der Waals surface area contributed by atoms with Gasteiger partial charge in [-0.15, -0.1) is 11.3 Å². The van der Waals surface area contributed by atoms with Gasteiger partial charge in [0, 0.05) is 12.1 Å². The van der Waals surface area contributed by atoms with E-state index < -0.39 is 10.9 Å². The number of nitro benzene ring substituents is 1. The molecule has 0 aliphatic carbocycles. The maximum Gasteiger partial charge on any atom is 0.363 e. The van der Waals surface area contributed by atoms with E-state index >= 15 is 0 Å². The van der Waals surface area contributed by atoms with Gasteiger partial charge in [-0.2, -0.15) is 0 Å². The summed E-state index contributed by atoms with van der Waals surface area (Å²) < 4.78 is 5.11. The highest BCUT2D eigenvalue weighted by molar-refractivity contribution is 7.12. The third-order valence-electron chi connectivity index (χ3n) is 3.00. The van der Waals surface area contributed by atoms with E-state index in [9.17, 15) is 14.9 Å². The van der Waals surface area contributed by atoms with Gasteiger partial charge in [-0.05, 0) is 35.2 Å². The lowest BCUT2D eigenvalue weighted by atomic mass is 10.2. The molecule has 0 saturated heterocycles. The summed E-state index contributed by atoms with van der Waals surface area (Å²) in [5, 5.41) is 12.5. The predicted molar refractivity (Wildman–Crippen MR) is 87.2 cm³/mol. The van der Waals surface area contributed by atoms with Crippen molar-refractivity contribution in [2.45, 2.75) is 0 Å². The topological polar surface area (TPSA) is 81.8 Å². The third kappa shape index (κ3) is 3.41. The third-order valence-corrected chi connectivity index (χ3v) is 3.86. The Morgan fingerprint density at radius 2 is 2.00 bits per heavy atom. The molecule has 1 aliphatic heterocycles. The van der Waals surface area contributed by atoms with Crippen LogP contribution in [0, 0.1) is 10.1 Å². The summed E-state index contributed by atoms with van der Waals surface area (Å²) in [5.74, 6) is -0.193. The highest BCUT2D eigenvalue weighted by atomic mass is 32.1. The van der Waals surface area contributed by atoms with Crippen LogP contribution in [0.25, 0.3) is 6.08 Å². The van der Waals surface area contributed by atoms with Crippen LogP contribution in [-0.4, -0.2) is 16.8 Å². The Bertz CT molecular complexity index is 833. The number of cyclic esters (lactones) is 1. The van der Waals surface area contributed by atoms with Gasteiger partial charge in [0.25, 0.3) is 5.69 Å². The highest BCUT2D eigenvalue weighted by Gasteiger charge is 2.23. The van der Waals surface area contributed by atoms with E-state index in [-0.39, 0.29) is 11.4 Å². The molecular weight excluding hydrogens is 316 g/mol. The number of rotatable bonds is 4. The summed E-state index contributed by atoms with van der Waals surface area (Å²) in [6.45, 7) is 0. The molecular formula is C16H10N2O4S. The van der Waals surface area contributed by atoms with E-state index in [4.69, 9.17) is 4.74 Å². The van der Waals surface area contributed by atoms with E-state index in [0.29, 0.717) is 5.90 Å². The number of nitro groups is 1. The molecule has 0 bridgehead atoms. The predicted octanol–water partition coefficient (Wildman–Crippen LogP) is 3.56. The van der Waals surface area contributed by atoms with E-state index in [1.807, 2.05) is 17.5 Å². The number of allylic oxidation sites excluding steroid dienone is 2. The largest absolute Gasteiger partial charge is 0.401 e. The summed E-state index contributed by atoms with van der Waals surface area (Å²) >= 11 is 1.44. The second-order valence-electron chi connectivity index (χ2n) is 4.54. The SMILES string of the molecule is O=C1OC(c2cccs2)=NC1=CC=Cc1ccc([N+](=O)[O-])cc1. The molecule has 0 unspecified atom stereocenters. The minimum absolute atomic E-state index is 0.0325. The zero-order valence-electron chi connectivity index (χ0n) is 11.7. The monoisotopic (exact) mass is 326 g/mol. The molecule has 0 spiro atoms. The molecule has 2 aromatic rings. The van der Waals surface area contributed by atoms with Crippen LogP contribution in [0.2, 0.25) is 0 Å². The van der Waals surface area contributed by atoms with Gasteiger partial charge >= 0.3 is 5.97 Å². The van der Waals surface area contributed by atoms with Crippen molar-refractivity contribution < 1.29 is 14.5 Å². The molecule has 0 atom stereocenters. The van der Waals surface area contributed by atoms with Gasteiger partial charge in [-0.25, -0.2) is 9.79 Å². The van der Waals surface area contributed by atoms with Crippen LogP contribution in [0.1, 0.15) is 10.4 Å². The van der Waals surface area contributed by atoms with Crippen LogP contribution in [0.4, 0.5) is 5.69 Å². The first-order chi connectivity index (χ1) is 11.1. The summed E-state index contributed by atoms with van der Waals surface area (Å²) in [4.78, 5) is 26.8. The number of non-ortho nitro benzene ring substituents is 1. The number of hydrogen-bond acceptors (Lipinski definition) is 6. The first-order valence-corrected chi connectivity index (χ1v) is 7.49. The van der Waals surface area contributed by atoms with Crippen molar-refractivity contribution in [1.29, 1.82) is 0 Å². The Labute approximate surface area is 135 Å². The standard InChI is InChI=1S/C16H10N2O4S/c19-16-13(17-15(22-16)14-5-2-10-23-14)4-1-3-11-6-8-12(9-7-11)18(20)21/h1-10H. The molecule has 1 aliphatic rings. The summed E-state index contributed by atoms with van der Waals surface area (Å²) in [6, 6.07) is 9.77. The van der Waals surface area contributed by atoms with Crippen LogP contribution >= 0.6 is 11.3 Å². The molecule has 0 radical (unpaired) electrons. The zero-order valence-corrected chi connectivity index (χ0v) is 12.5. The van der Waals surface area contributed by atoms with E-state index in [1.54, 1.807) is 30.4 Å². The lowest BCUT2D eigenvalue weighted by Crippen LogP contribution is -2.03. The van der Waals surface area contributed by atoms with Crippen molar-refractivity contribution >= 4 is 35.0 Å². The summed E-state index contributed by atoms with van der Waals surface area (Å²) in [5.41, 5.74) is 1.03. The number of carbonyl (C=O) groups excluding carboxylic acids is 1. The summed E-state index contributed by atoms with van der Waals surface area (Å²) in [7, 11) is 0. The van der Waals surface area contributed by atoms with Gasteiger partial charge in [0.2, 0.25) is 5.90 Å². The molecule has 0 saturated carbocycles. The number of benzene rings is 1. The molecule has 2 heterocycles. The molecule has 0 N–H and O–H groups in total. The molecule has 1 aromatic carbocycles. The normalized spacial score (nSPS) is 15.9. The molecule has 1 aromatic heterocycles. The molecule has 0 fully saturated rings. The lowest BCUT2D eigenvalue weighted by molar-refractivity contribution is -0.384. The second-order valence-corrected chi connectivity index (χ2v) is 5.49. The Balaban J connectivity index is 1.74. The van der Waals surface area contributed by atoms with Crippen LogP contribution in [0.5, 0.6) is 0 Å². The fraction of sp³-hybridized carbons (Fsp3) is 0. The van der Waals surface area contributed by atoms with Crippen LogP contribution < -0.4 is 0 Å². The number of hydrogen-bond donors (Lipinski definition) is 0. The van der Waals surface area contributed by atoms with Crippen molar-refractivity contribution in [3.05, 3.63) is 80.2 Å². The maximum atomic E-state index is 11.7. The van der Waals surface area contributed by atoms with E-state index in [1.165, 1.54) is 23.5 Å². The Hall–Kier alpha value is -3.06. The first-order valence-electron chi connectivity index (χ1n) is 6.61. The molecule has 23 heavy (non-hydrogen) atoms. The number of esters is 1. The van der Waals surface area contributed by atoms with Crippen LogP contribution in [0.3, 0.4) is 0 Å². The number of thiophene rings is 1. The number of aliphatic imine (C=N–C) groups is 1. The Kier molecular flexibility index (Phi) is 4.11. The van der Waals surface area contributed by atoms with Crippen molar-refractivity contribution in [3.8, 4) is 0 Å². The maximum absolute atomic E-state index is 11.7. The molecule has 6 nitrogen and oxygen atoms in total. The Morgan fingerprint density at radius 1 is 1.22 bits per heavy atom. The van der Waals surface area contributed by atoms with Crippen LogP contribution in [-0.2, 0) is 9.53 Å². The van der Waals surface area contributed by atoms with E-state index in [0.717, 1.165) is 10.4 Å². The molecule has 7 heteroatoms. The Morgan fingerprint density at radius 3 is 2.65 bits per heavy atom. The fourth-order valence-electron chi connectivity index (χ4n) is 1.89. The molecule has 3 rings (SSSR count). The molecule has 0 amide bonds. The molecule has 114 valence electrons. The minimum atomic E-state index is -0.498. The van der Waals surface area contributed by atoms with Crippen molar-refractivity contribution in [3.63, 3.8) is 0 Å². The average molecular weight is 326 g/mol. The van der Waals surface area contributed by atoms with Gasteiger partial charge in [-0.1, -0.05) is 18.2 Å². The zero-order chi connectivity index (χ0) is 16.2. The second kappa shape index (κ2) is 6.37. The minimum Gasteiger partial charge on any atom is -0.401 e. The average Bonchev–Trinajstić information content (AvgIpc) is 3.18. The summed E-state index contributed by atoms with van der Waals surface area (Å²) in [6.07, 6.45) is 4.92. The number of carbonyl (C=O) groups is 1. The highest BCUT2D eigenvalue weighted by Crippen LogP contribution is 2.20. The van der Waals surface area contributed by atoms with Crippen molar-refractivity contribution in [1.82, 2.24) is 0 Å². The van der Waals surface area contributed by atoms with Gasteiger partial charge in [-0.3, -0.25) is 10.1 Å². The van der Waals surface area contributed by atoms with Crippen molar-refractivity contribution in [2.24, 2.45) is 4.99 Å². The van der Waals surface area contributed by atoms with Gasteiger partial charge in [0.15, 0.2) is 5.70 Å². The first kappa shape index (κ1) is 14.9. The van der Waals surface area contributed by atoms with Gasteiger partial charge in [0.05, 0.1) is 9.80 Å². The number of ether oxygens (including phenoxy) is 1. The van der Waals surface area contributed by atoms with E-state index in [2.05, 4.69) is 4.99 Å². The van der Waals surface area contributed by atoms with Gasteiger partial charge in [0.1, 0.15) is 0 Å². The fourth-order valence-corrected chi connectivity index (χ4v) is 2.54. The van der Waals surface area contributed by atoms with Crippen molar-refractivity contribution in [2.75, 3.05) is 0 Å². The van der Waals surface area contributed by atoms with Crippen LogP contribution in [0.15, 0.2) is 64.6 Å². The quantitative estimate of drug-likeness (QED) is 0.372. The lowest BCUT2D eigenvalue weighted by Gasteiger charge is -1.93.